The van der Waals surface area contributed by atoms with E-state index in [9.17, 15) is 4.79 Å². The van der Waals surface area contributed by atoms with Crippen molar-refractivity contribution in [2.24, 2.45) is 0 Å². The molecule has 0 spiro atoms. The molecule has 0 fully saturated rings. The van der Waals surface area contributed by atoms with Gasteiger partial charge in [0.2, 0.25) is 0 Å². The summed E-state index contributed by atoms with van der Waals surface area (Å²) in [5.41, 5.74) is 1.40. The molecule has 4 nitrogen and oxygen atoms in total. The molecule has 1 atom stereocenters. The first-order chi connectivity index (χ1) is 9.54. The van der Waals surface area contributed by atoms with E-state index in [0.717, 1.165) is 10.8 Å². The summed E-state index contributed by atoms with van der Waals surface area (Å²) in [7, 11) is 0. The predicted molar refractivity (Wildman–Crippen MR) is 76.5 cm³/mol. The number of carbonyl (C=O) groups is 1. The van der Waals surface area contributed by atoms with Gasteiger partial charge in [0.05, 0.1) is 0 Å². The summed E-state index contributed by atoms with van der Waals surface area (Å²) < 4.78 is 11.0. The molecule has 20 heavy (non-hydrogen) atoms. The minimum Gasteiger partial charge on any atom is -0.479 e. The fourth-order valence-electron chi connectivity index (χ4n) is 2.06. The van der Waals surface area contributed by atoms with Crippen LogP contribution in [0.4, 0.5) is 0 Å². The van der Waals surface area contributed by atoms with Crippen molar-refractivity contribution in [1.82, 2.24) is 0 Å². The molecule has 1 unspecified atom stereocenters. The summed E-state index contributed by atoms with van der Waals surface area (Å²) in [5, 5.41) is 11.2. The molecule has 1 N–H and O–H groups in total. The van der Waals surface area contributed by atoms with E-state index in [0.29, 0.717) is 21.9 Å². The van der Waals surface area contributed by atoms with Crippen LogP contribution in [0.3, 0.4) is 0 Å². The number of furan rings is 1. The van der Waals surface area contributed by atoms with E-state index < -0.39 is 12.1 Å². The summed E-state index contributed by atoms with van der Waals surface area (Å²) in [4.78, 5) is 10.8. The molecular weight excluding hydrogens is 280 g/mol. The van der Waals surface area contributed by atoms with E-state index in [4.69, 9.17) is 25.9 Å². The molecule has 0 bridgehead atoms. The summed E-state index contributed by atoms with van der Waals surface area (Å²) >= 11 is 5.93. The van der Waals surface area contributed by atoms with Gasteiger partial charge >= 0.3 is 5.97 Å². The van der Waals surface area contributed by atoms with E-state index >= 15 is 0 Å². The molecule has 1 aromatic heterocycles. The third-order valence-corrected chi connectivity index (χ3v) is 3.30. The standard InChI is InChI=1S/C15H11ClO4/c1-8(15(17)18)19-10-3-5-13-12(7-10)11-4-2-9(16)6-14(11)20-13/h2-8H,1H3,(H,17,18). The first kappa shape index (κ1) is 12.8. The summed E-state index contributed by atoms with van der Waals surface area (Å²) in [6, 6.07) is 10.6. The number of hydrogen-bond acceptors (Lipinski definition) is 3. The van der Waals surface area contributed by atoms with Gasteiger partial charge in [0.25, 0.3) is 0 Å². The van der Waals surface area contributed by atoms with Crippen LogP contribution in [-0.2, 0) is 4.79 Å². The smallest absolute Gasteiger partial charge is 0.344 e. The second-order valence-electron chi connectivity index (χ2n) is 4.50. The highest BCUT2D eigenvalue weighted by Gasteiger charge is 2.14. The van der Waals surface area contributed by atoms with E-state index in [1.165, 1.54) is 6.92 Å². The number of rotatable bonds is 3. The van der Waals surface area contributed by atoms with E-state index in [-0.39, 0.29) is 0 Å². The monoisotopic (exact) mass is 290 g/mol. The molecule has 0 aliphatic heterocycles. The fraction of sp³-hybridized carbons (Fsp3) is 0.133. The maximum Gasteiger partial charge on any atom is 0.344 e. The number of halogens is 1. The van der Waals surface area contributed by atoms with Gasteiger partial charge in [-0.1, -0.05) is 11.6 Å². The van der Waals surface area contributed by atoms with Gasteiger partial charge in [-0.3, -0.25) is 0 Å². The average molecular weight is 291 g/mol. The molecule has 0 aliphatic rings. The van der Waals surface area contributed by atoms with Crippen LogP contribution in [0.1, 0.15) is 6.92 Å². The Labute approximate surface area is 119 Å². The van der Waals surface area contributed by atoms with Gasteiger partial charge in [-0.25, -0.2) is 4.79 Å². The Morgan fingerprint density at radius 1 is 1.20 bits per heavy atom. The second-order valence-corrected chi connectivity index (χ2v) is 4.94. The van der Waals surface area contributed by atoms with E-state index in [1.54, 1.807) is 30.3 Å². The molecule has 0 amide bonds. The molecule has 0 aliphatic carbocycles. The molecule has 2 aromatic carbocycles. The molecule has 5 heteroatoms. The highest BCUT2D eigenvalue weighted by molar-refractivity contribution is 6.31. The van der Waals surface area contributed by atoms with Crippen LogP contribution in [-0.4, -0.2) is 17.2 Å². The molecule has 3 rings (SSSR count). The van der Waals surface area contributed by atoms with Crippen LogP contribution in [0.5, 0.6) is 5.75 Å². The van der Waals surface area contributed by atoms with Crippen molar-refractivity contribution in [3.63, 3.8) is 0 Å². The van der Waals surface area contributed by atoms with Crippen molar-refractivity contribution in [3.05, 3.63) is 41.4 Å². The Bertz CT molecular complexity index is 806. The molecule has 0 radical (unpaired) electrons. The van der Waals surface area contributed by atoms with E-state index in [2.05, 4.69) is 0 Å². The van der Waals surface area contributed by atoms with Crippen LogP contribution in [0.2, 0.25) is 5.02 Å². The molecule has 1 heterocycles. The second kappa shape index (κ2) is 4.72. The highest BCUT2D eigenvalue weighted by Crippen LogP contribution is 2.33. The Balaban J connectivity index is 2.10. The molecule has 3 aromatic rings. The van der Waals surface area contributed by atoms with Crippen molar-refractivity contribution in [2.45, 2.75) is 13.0 Å². The van der Waals surface area contributed by atoms with Gasteiger partial charge in [0.15, 0.2) is 6.10 Å². The molecular formula is C15H11ClO4. The number of carboxylic acids is 1. The average Bonchev–Trinajstić information content (AvgIpc) is 2.75. The van der Waals surface area contributed by atoms with Crippen molar-refractivity contribution >= 4 is 39.5 Å². The molecule has 102 valence electrons. The van der Waals surface area contributed by atoms with Crippen molar-refractivity contribution < 1.29 is 19.1 Å². The predicted octanol–water partition coefficient (Wildman–Crippen LogP) is 4.09. The minimum atomic E-state index is -1.01. The van der Waals surface area contributed by atoms with Crippen molar-refractivity contribution in [2.75, 3.05) is 0 Å². The number of ether oxygens (including phenoxy) is 1. The molecule has 0 saturated carbocycles. The number of benzene rings is 2. The number of fused-ring (bicyclic) bond motifs is 3. The van der Waals surface area contributed by atoms with Crippen LogP contribution < -0.4 is 4.74 Å². The number of hydrogen-bond donors (Lipinski definition) is 1. The van der Waals surface area contributed by atoms with Crippen molar-refractivity contribution in [3.8, 4) is 5.75 Å². The van der Waals surface area contributed by atoms with Gasteiger partial charge < -0.3 is 14.3 Å². The van der Waals surface area contributed by atoms with Crippen LogP contribution in [0, 0.1) is 0 Å². The van der Waals surface area contributed by atoms with Crippen LogP contribution >= 0.6 is 11.6 Å². The number of carboxylic acid groups (broad SMARTS) is 1. The van der Waals surface area contributed by atoms with Crippen LogP contribution in [0.25, 0.3) is 21.9 Å². The lowest BCUT2D eigenvalue weighted by atomic mass is 10.1. The maximum absolute atomic E-state index is 10.8. The highest BCUT2D eigenvalue weighted by atomic mass is 35.5. The lowest BCUT2D eigenvalue weighted by Crippen LogP contribution is -2.22. The maximum atomic E-state index is 10.8. The first-order valence-electron chi connectivity index (χ1n) is 6.06. The normalized spacial score (nSPS) is 12.7. The van der Waals surface area contributed by atoms with Gasteiger partial charge in [0, 0.05) is 21.9 Å². The summed E-state index contributed by atoms with van der Waals surface area (Å²) in [6.45, 7) is 1.49. The van der Waals surface area contributed by atoms with E-state index in [1.807, 2.05) is 6.07 Å². The minimum absolute atomic E-state index is 0.491. The third kappa shape index (κ3) is 2.18. The Morgan fingerprint density at radius 2 is 2.00 bits per heavy atom. The van der Waals surface area contributed by atoms with Gasteiger partial charge in [-0.05, 0) is 37.3 Å². The van der Waals surface area contributed by atoms with Crippen LogP contribution in [0.15, 0.2) is 40.8 Å². The SMILES string of the molecule is CC(Oc1ccc2oc3cc(Cl)ccc3c2c1)C(=O)O. The lowest BCUT2D eigenvalue weighted by molar-refractivity contribution is -0.144. The van der Waals surface area contributed by atoms with Crippen molar-refractivity contribution in [1.29, 1.82) is 0 Å². The zero-order chi connectivity index (χ0) is 14.3. The molecule has 0 saturated heterocycles. The summed E-state index contributed by atoms with van der Waals surface area (Å²) in [5.74, 6) is -0.515. The van der Waals surface area contributed by atoms with Gasteiger partial charge in [-0.2, -0.15) is 0 Å². The number of aliphatic carboxylic acids is 1. The fourth-order valence-corrected chi connectivity index (χ4v) is 2.22. The third-order valence-electron chi connectivity index (χ3n) is 3.07. The van der Waals surface area contributed by atoms with Gasteiger partial charge in [-0.15, -0.1) is 0 Å². The largest absolute Gasteiger partial charge is 0.479 e. The first-order valence-corrected chi connectivity index (χ1v) is 6.43. The zero-order valence-electron chi connectivity index (χ0n) is 10.6. The topological polar surface area (TPSA) is 59.7 Å². The van der Waals surface area contributed by atoms with Gasteiger partial charge in [0.1, 0.15) is 16.9 Å². The lowest BCUT2D eigenvalue weighted by Gasteiger charge is -2.09. The summed E-state index contributed by atoms with van der Waals surface area (Å²) in [6.07, 6.45) is -0.903. The Kier molecular flexibility index (Phi) is 3.03. The Hall–Kier alpha value is -2.20. The zero-order valence-corrected chi connectivity index (χ0v) is 11.3. The quantitative estimate of drug-likeness (QED) is 0.789. The Morgan fingerprint density at radius 3 is 2.75 bits per heavy atom.